The maximum atomic E-state index is 12.4. The number of aryl methyl sites for hydroxylation is 1. The highest BCUT2D eigenvalue weighted by Crippen LogP contribution is 2.31. The first-order chi connectivity index (χ1) is 14.7. The third kappa shape index (κ3) is 5.23. The van der Waals surface area contributed by atoms with E-state index in [2.05, 4.69) is 26.8 Å². The molecule has 0 spiro atoms. The molecule has 2 aliphatic rings. The average Bonchev–Trinajstić information content (AvgIpc) is 3.28. The molecular weight excluding hydrogens is 382 g/mol. The van der Waals surface area contributed by atoms with Gasteiger partial charge in [-0.3, -0.25) is 14.5 Å². The molecule has 1 aliphatic heterocycles. The number of carbonyl (C=O) groups excluding carboxylic acids is 1. The highest BCUT2D eigenvalue weighted by atomic mass is 16.5. The van der Waals surface area contributed by atoms with Crippen LogP contribution in [0.3, 0.4) is 0 Å². The molecule has 1 amide bonds. The van der Waals surface area contributed by atoms with Crippen LogP contribution in [0, 0.1) is 0 Å². The molecule has 1 saturated carbocycles. The Balaban J connectivity index is 1.26. The molecule has 3 heterocycles. The van der Waals surface area contributed by atoms with Gasteiger partial charge in [0.1, 0.15) is 6.10 Å². The first-order valence-corrected chi connectivity index (χ1v) is 11.1. The molecule has 2 aromatic heterocycles. The number of pyridine rings is 1. The summed E-state index contributed by atoms with van der Waals surface area (Å²) in [5.41, 5.74) is 1.63. The van der Waals surface area contributed by atoms with Crippen LogP contribution in [0.5, 0.6) is 0 Å². The molecule has 0 unspecified atom stereocenters. The molecule has 0 bridgehead atoms. The smallest absolute Gasteiger partial charge is 0.253 e. The Morgan fingerprint density at radius 3 is 2.87 bits per heavy atom. The number of aromatic nitrogens is 4. The number of aliphatic hydroxyl groups is 1. The van der Waals surface area contributed by atoms with E-state index in [0.29, 0.717) is 11.5 Å². The van der Waals surface area contributed by atoms with Crippen molar-refractivity contribution in [2.75, 3.05) is 6.61 Å². The Morgan fingerprint density at radius 1 is 1.23 bits per heavy atom. The fourth-order valence-electron chi connectivity index (χ4n) is 4.54. The molecule has 2 N–H and O–H groups in total. The fraction of sp³-hybridized carbons (Fsp3) is 0.636. The largest absolute Gasteiger partial charge is 0.394 e. The molecule has 1 saturated heterocycles. The molecule has 3 atom stereocenters. The standard InChI is InChI=1S/C22H31N5O3/c28-15-21-19(24-22(29)17-7-4-11-23-13-17)9-8-18(30-21)10-12-27-14-20(25-26-27)16-5-2-1-3-6-16/h4,7,11,13-14,16,18-19,21,28H,1-3,5-6,8-10,12,15H2,(H,24,29)/t18-,19-,21+/m0/s1. The summed E-state index contributed by atoms with van der Waals surface area (Å²) in [6.45, 7) is 0.624. The van der Waals surface area contributed by atoms with Crippen LogP contribution in [0.4, 0.5) is 0 Å². The molecule has 4 rings (SSSR count). The summed E-state index contributed by atoms with van der Waals surface area (Å²) in [4.78, 5) is 16.4. The molecule has 0 aromatic carbocycles. The van der Waals surface area contributed by atoms with Gasteiger partial charge in [0.25, 0.3) is 5.91 Å². The van der Waals surface area contributed by atoms with E-state index in [4.69, 9.17) is 4.74 Å². The maximum absolute atomic E-state index is 12.4. The van der Waals surface area contributed by atoms with Gasteiger partial charge in [0.05, 0.1) is 30.0 Å². The lowest BCUT2D eigenvalue weighted by Crippen LogP contribution is -2.51. The van der Waals surface area contributed by atoms with Crippen LogP contribution >= 0.6 is 0 Å². The summed E-state index contributed by atoms with van der Waals surface area (Å²) in [5.74, 6) is 0.368. The Kier molecular flexibility index (Phi) is 7.07. The third-order valence-electron chi connectivity index (χ3n) is 6.30. The summed E-state index contributed by atoms with van der Waals surface area (Å²) in [6.07, 6.45) is 13.6. The van der Waals surface area contributed by atoms with E-state index in [0.717, 1.165) is 31.5 Å². The summed E-state index contributed by atoms with van der Waals surface area (Å²) < 4.78 is 8.00. The van der Waals surface area contributed by atoms with Crippen LogP contribution in [0.15, 0.2) is 30.7 Å². The van der Waals surface area contributed by atoms with Crippen LogP contribution in [-0.2, 0) is 11.3 Å². The second kappa shape index (κ2) is 10.1. The molecule has 8 nitrogen and oxygen atoms in total. The first kappa shape index (κ1) is 20.9. The minimum atomic E-state index is -0.405. The van der Waals surface area contributed by atoms with Gasteiger partial charge in [0.15, 0.2) is 0 Å². The Hall–Kier alpha value is -2.32. The normalized spacial score (nSPS) is 25.2. The van der Waals surface area contributed by atoms with Crippen molar-refractivity contribution in [1.82, 2.24) is 25.3 Å². The molecule has 2 aromatic rings. The van der Waals surface area contributed by atoms with Crippen molar-refractivity contribution in [2.45, 2.75) is 82.1 Å². The number of ether oxygens (including phenoxy) is 1. The van der Waals surface area contributed by atoms with E-state index in [1.54, 1.807) is 18.3 Å². The zero-order valence-electron chi connectivity index (χ0n) is 17.3. The second-order valence-electron chi connectivity index (χ2n) is 8.41. The predicted octanol–water partition coefficient (Wildman–Crippen LogP) is 2.45. The van der Waals surface area contributed by atoms with E-state index < -0.39 is 6.10 Å². The van der Waals surface area contributed by atoms with E-state index >= 15 is 0 Å². The second-order valence-corrected chi connectivity index (χ2v) is 8.41. The topological polar surface area (TPSA) is 102 Å². The average molecular weight is 414 g/mol. The van der Waals surface area contributed by atoms with Crippen molar-refractivity contribution in [2.24, 2.45) is 0 Å². The van der Waals surface area contributed by atoms with E-state index in [9.17, 15) is 9.90 Å². The first-order valence-electron chi connectivity index (χ1n) is 11.1. The third-order valence-corrected chi connectivity index (χ3v) is 6.30. The van der Waals surface area contributed by atoms with Crippen molar-refractivity contribution in [1.29, 1.82) is 0 Å². The Bertz CT molecular complexity index is 806. The summed E-state index contributed by atoms with van der Waals surface area (Å²) in [5, 5.41) is 21.4. The van der Waals surface area contributed by atoms with Crippen LogP contribution in [0.1, 0.15) is 73.3 Å². The van der Waals surface area contributed by atoms with Crippen molar-refractivity contribution in [3.05, 3.63) is 42.0 Å². The zero-order valence-corrected chi connectivity index (χ0v) is 17.3. The summed E-state index contributed by atoms with van der Waals surface area (Å²) in [7, 11) is 0. The number of hydrogen-bond acceptors (Lipinski definition) is 6. The fourth-order valence-corrected chi connectivity index (χ4v) is 4.54. The van der Waals surface area contributed by atoms with Crippen LogP contribution in [0.25, 0.3) is 0 Å². The van der Waals surface area contributed by atoms with E-state index in [-0.39, 0.29) is 24.7 Å². The molecule has 1 aliphatic carbocycles. The number of aliphatic hydroxyl groups excluding tert-OH is 1. The van der Waals surface area contributed by atoms with Gasteiger partial charge in [-0.25, -0.2) is 0 Å². The minimum absolute atomic E-state index is 0.0380. The van der Waals surface area contributed by atoms with Crippen molar-refractivity contribution in [3.63, 3.8) is 0 Å². The van der Waals surface area contributed by atoms with Gasteiger partial charge in [-0.15, -0.1) is 5.10 Å². The van der Waals surface area contributed by atoms with Crippen LogP contribution in [0.2, 0.25) is 0 Å². The van der Waals surface area contributed by atoms with Crippen molar-refractivity contribution in [3.8, 4) is 0 Å². The van der Waals surface area contributed by atoms with Gasteiger partial charge in [0, 0.05) is 31.1 Å². The lowest BCUT2D eigenvalue weighted by Gasteiger charge is -2.36. The molecule has 30 heavy (non-hydrogen) atoms. The SMILES string of the molecule is O=C(N[C@H]1CC[C@@H](CCn2cc(C3CCCCC3)nn2)O[C@@H]1CO)c1cccnc1. The highest BCUT2D eigenvalue weighted by molar-refractivity contribution is 5.94. The number of carbonyl (C=O) groups is 1. The summed E-state index contributed by atoms with van der Waals surface area (Å²) in [6, 6.07) is 3.25. The minimum Gasteiger partial charge on any atom is -0.394 e. The molecule has 162 valence electrons. The van der Waals surface area contributed by atoms with Crippen molar-refractivity contribution < 1.29 is 14.6 Å². The lowest BCUT2D eigenvalue weighted by molar-refractivity contribution is -0.0912. The summed E-state index contributed by atoms with van der Waals surface area (Å²) >= 11 is 0. The van der Waals surface area contributed by atoms with Gasteiger partial charge in [0.2, 0.25) is 0 Å². The Labute approximate surface area is 177 Å². The zero-order chi connectivity index (χ0) is 20.8. The monoisotopic (exact) mass is 413 g/mol. The van der Waals surface area contributed by atoms with Gasteiger partial charge < -0.3 is 15.2 Å². The van der Waals surface area contributed by atoms with Gasteiger partial charge in [-0.1, -0.05) is 24.5 Å². The maximum Gasteiger partial charge on any atom is 0.253 e. The van der Waals surface area contributed by atoms with Gasteiger partial charge in [-0.2, -0.15) is 0 Å². The highest BCUT2D eigenvalue weighted by Gasteiger charge is 2.32. The van der Waals surface area contributed by atoms with Gasteiger partial charge in [-0.05, 0) is 44.2 Å². The number of nitrogens with one attached hydrogen (secondary N) is 1. The lowest BCUT2D eigenvalue weighted by atomic mass is 9.87. The van der Waals surface area contributed by atoms with Gasteiger partial charge >= 0.3 is 0 Å². The van der Waals surface area contributed by atoms with E-state index in [1.807, 2.05) is 4.68 Å². The molecular formula is C22H31N5O3. The number of amides is 1. The number of nitrogens with zero attached hydrogens (tertiary/aromatic N) is 4. The number of rotatable bonds is 7. The van der Waals surface area contributed by atoms with Crippen LogP contribution < -0.4 is 5.32 Å². The van der Waals surface area contributed by atoms with Crippen LogP contribution in [-0.4, -0.2) is 55.8 Å². The Morgan fingerprint density at radius 2 is 2.10 bits per heavy atom. The molecule has 8 heteroatoms. The van der Waals surface area contributed by atoms with E-state index in [1.165, 1.54) is 38.3 Å². The van der Waals surface area contributed by atoms with Crippen molar-refractivity contribution >= 4 is 5.91 Å². The predicted molar refractivity (Wildman–Crippen MR) is 111 cm³/mol. The quantitative estimate of drug-likeness (QED) is 0.723. The molecule has 0 radical (unpaired) electrons. The molecule has 2 fully saturated rings. The number of hydrogen-bond donors (Lipinski definition) is 2.